The van der Waals surface area contributed by atoms with Gasteiger partial charge >= 0.3 is 5.97 Å². The molecule has 0 N–H and O–H groups in total. The smallest absolute Gasteiger partial charge is 0.310 e. The van der Waals surface area contributed by atoms with Gasteiger partial charge in [-0.1, -0.05) is 0 Å². The summed E-state index contributed by atoms with van der Waals surface area (Å²) in [7, 11) is 0. The number of nitrogens with zero attached hydrogens (tertiary/aromatic N) is 4. The molecule has 9 heteroatoms. The summed E-state index contributed by atoms with van der Waals surface area (Å²) in [6, 6.07) is 3.53. The molecule has 3 aromatic heterocycles. The van der Waals surface area contributed by atoms with Gasteiger partial charge in [0.15, 0.2) is 5.58 Å². The third kappa shape index (κ3) is 3.71. The molecule has 0 spiro atoms. The normalized spacial score (nSPS) is 17.0. The number of fused-ring (bicyclic) bond motifs is 3. The first-order chi connectivity index (χ1) is 14.5. The van der Waals surface area contributed by atoms with Crippen LogP contribution in [0.15, 0.2) is 27.6 Å². The second-order valence-corrected chi connectivity index (χ2v) is 7.65. The van der Waals surface area contributed by atoms with Gasteiger partial charge in [-0.3, -0.25) is 18.8 Å². The number of furan rings is 1. The largest absolute Gasteiger partial charge is 0.466 e. The van der Waals surface area contributed by atoms with E-state index < -0.39 is 0 Å². The van der Waals surface area contributed by atoms with E-state index in [1.807, 2.05) is 13.0 Å². The first kappa shape index (κ1) is 20.2. The van der Waals surface area contributed by atoms with Crippen molar-refractivity contribution in [1.29, 1.82) is 0 Å². The number of hydrogen-bond acceptors (Lipinski definition) is 6. The summed E-state index contributed by atoms with van der Waals surface area (Å²) in [4.78, 5) is 39.1. The molecule has 1 amide bonds. The fourth-order valence-electron chi connectivity index (χ4n) is 4.17. The first-order valence-electron chi connectivity index (χ1n) is 10.4. The van der Waals surface area contributed by atoms with Crippen LogP contribution in [0.25, 0.3) is 16.6 Å². The van der Waals surface area contributed by atoms with E-state index in [4.69, 9.17) is 9.15 Å². The average Bonchev–Trinajstić information content (AvgIpc) is 3.33. The minimum atomic E-state index is -0.246. The number of carbonyl (C=O) groups excluding carboxylic acids is 2. The molecule has 1 fully saturated rings. The Bertz CT molecular complexity index is 1140. The second kappa shape index (κ2) is 8.33. The Kier molecular flexibility index (Phi) is 5.61. The molecule has 1 atom stereocenters. The minimum Gasteiger partial charge on any atom is -0.466 e. The highest BCUT2D eigenvalue weighted by atomic mass is 16.5. The van der Waals surface area contributed by atoms with Gasteiger partial charge in [-0.2, -0.15) is 5.10 Å². The molecule has 1 unspecified atom stereocenters. The monoisotopic (exact) mass is 414 g/mol. The lowest BCUT2D eigenvalue weighted by molar-refractivity contribution is -0.151. The lowest BCUT2D eigenvalue weighted by Crippen LogP contribution is -2.42. The molecule has 0 radical (unpaired) electrons. The predicted octanol–water partition coefficient (Wildman–Crippen LogP) is 2.13. The van der Waals surface area contributed by atoms with Crippen LogP contribution in [-0.2, 0) is 20.9 Å². The topological polar surface area (TPSA) is 99.1 Å². The van der Waals surface area contributed by atoms with Crippen molar-refractivity contribution in [2.75, 3.05) is 19.7 Å². The fraction of sp³-hybridized carbons (Fsp3) is 0.524. The average molecular weight is 414 g/mol. The maximum atomic E-state index is 12.8. The van der Waals surface area contributed by atoms with Crippen molar-refractivity contribution < 1.29 is 18.7 Å². The van der Waals surface area contributed by atoms with Gasteiger partial charge < -0.3 is 14.1 Å². The maximum Gasteiger partial charge on any atom is 0.310 e. The Hall–Kier alpha value is -3.10. The van der Waals surface area contributed by atoms with Gasteiger partial charge in [-0.15, -0.1) is 0 Å². The molecule has 1 saturated heterocycles. The van der Waals surface area contributed by atoms with Gasteiger partial charge in [-0.25, -0.2) is 4.68 Å². The van der Waals surface area contributed by atoms with Crippen molar-refractivity contribution in [3.63, 3.8) is 0 Å². The third-order valence-corrected chi connectivity index (χ3v) is 5.62. The standard InChI is InChI=1S/C21H26N4O5/c1-3-29-21(28)15-6-4-9-23(13-15)19(26)7-5-10-24-20(27)17-12-18-16(8-11-30-18)25(17)14(2)22-24/h8,11-12,15H,3-7,9-10,13H2,1-2H3. The highest BCUT2D eigenvalue weighted by Gasteiger charge is 2.29. The number of piperidine rings is 1. The summed E-state index contributed by atoms with van der Waals surface area (Å²) in [5, 5.41) is 4.41. The van der Waals surface area contributed by atoms with Crippen LogP contribution in [0.4, 0.5) is 0 Å². The van der Waals surface area contributed by atoms with Gasteiger partial charge in [0.05, 0.1) is 24.3 Å². The Morgan fingerprint density at radius 2 is 2.17 bits per heavy atom. The molecule has 3 aromatic rings. The fourth-order valence-corrected chi connectivity index (χ4v) is 4.17. The zero-order valence-electron chi connectivity index (χ0n) is 17.3. The third-order valence-electron chi connectivity index (χ3n) is 5.62. The highest BCUT2D eigenvalue weighted by Crippen LogP contribution is 2.21. The van der Waals surface area contributed by atoms with Crippen LogP contribution >= 0.6 is 0 Å². The zero-order chi connectivity index (χ0) is 21.3. The van der Waals surface area contributed by atoms with Crippen molar-refractivity contribution in [3.8, 4) is 0 Å². The number of aryl methyl sites for hydroxylation is 2. The summed E-state index contributed by atoms with van der Waals surface area (Å²) in [5.74, 6) is 0.202. The van der Waals surface area contributed by atoms with E-state index >= 15 is 0 Å². The Morgan fingerprint density at radius 1 is 1.33 bits per heavy atom. The second-order valence-electron chi connectivity index (χ2n) is 7.65. The first-order valence-corrected chi connectivity index (χ1v) is 10.4. The van der Waals surface area contributed by atoms with E-state index in [1.54, 1.807) is 28.6 Å². The van der Waals surface area contributed by atoms with Gasteiger partial charge in [0.1, 0.15) is 11.3 Å². The molecule has 1 aliphatic rings. The van der Waals surface area contributed by atoms with Crippen LogP contribution in [0.5, 0.6) is 0 Å². The van der Waals surface area contributed by atoms with E-state index in [9.17, 15) is 14.4 Å². The Morgan fingerprint density at radius 3 is 2.97 bits per heavy atom. The Balaban J connectivity index is 1.40. The number of hydrogen-bond donors (Lipinski definition) is 0. The van der Waals surface area contributed by atoms with Crippen LogP contribution in [0.1, 0.15) is 38.4 Å². The van der Waals surface area contributed by atoms with Crippen LogP contribution < -0.4 is 5.56 Å². The molecule has 30 heavy (non-hydrogen) atoms. The van der Waals surface area contributed by atoms with Crippen LogP contribution in [0.2, 0.25) is 0 Å². The molecule has 0 saturated carbocycles. The molecule has 0 aromatic carbocycles. The quantitative estimate of drug-likeness (QED) is 0.573. The molecular weight excluding hydrogens is 388 g/mol. The number of esters is 1. The van der Waals surface area contributed by atoms with E-state index in [1.165, 1.54) is 4.68 Å². The van der Waals surface area contributed by atoms with E-state index in [-0.39, 0.29) is 23.4 Å². The summed E-state index contributed by atoms with van der Waals surface area (Å²) in [6.07, 6.45) is 3.93. The molecule has 4 rings (SSSR count). The summed E-state index contributed by atoms with van der Waals surface area (Å²) < 4.78 is 13.7. The van der Waals surface area contributed by atoms with Gasteiger partial charge in [0.25, 0.3) is 5.56 Å². The van der Waals surface area contributed by atoms with Crippen LogP contribution in [0, 0.1) is 12.8 Å². The van der Waals surface area contributed by atoms with Crippen LogP contribution in [-0.4, -0.2) is 50.7 Å². The van der Waals surface area contributed by atoms with E-state index in [0.717, 1.165) is 18.4 Å². The number of rotatable bonds is 6. The Labute approximate surface area is 173 Å². The van der Waals surface area contributed by atoms with E-state index in [2.05, 4.69) is 5.10 Å². The van der Waals surface area contributed by atoms with Gasteiger partial charge in [-0.05, 0) is 33.1 Å². The molecule has 4 heterocycles. The molecule has 9 nitrogen and oxygen atoms in total. The summed E-state index contributed by atoms with van der Waals surface area (Å²) in [5.41, 5.74) is 1.76. The van der Waals surface area contributed by atoms with Crippen molar-refractivity contribution in [2.45, 2.75) is 46.1 Å². The van der Waals surface area contributed by atoms with Crippen molar-refractivity contribution >= 4 is 28.5 Å². The minimum absolute atomic E-state index is 0.00459. The zero-order valence-corrected chi connectivity index (χ0v) is 17.3. The number of ether oxygens (including phenoxy) is 1. The number of aromatic nitrogens is 3. The van der Waals surface area contributed by atoms with Gasteiger partial charge in [0, 0.05) is 38.2 Å². The van der Waals surface area contributed by atoms with Crippen LogP contribution in [0.3, 0.4) is 0 Å². The summed E-state index contributed by atoms with van der Waals surface area (Å²) in [6.45, 7) is 5.38. The van der Waals surface area contributed by atoms with Crippen molar-refractivity contribution in [1.82, 2.24) is 19.1 Å². The summed E-state index contributed by atoms with van der Waals surface area (Å²) >= 11 is 0. The number of carbonyl (C=O) groups is 2. The molecule has 160 valence electrons. The van der Waals surface area contributed by atoms with Crippen molar-refractivity contribution in [2.24, 2.45) is 5.92 Å². The number of amides is 1. The lowest BCUT2D eigenvalue weighted by Gasteiger charge is -2.31. The lowest BCUT2D eigenvalue weighted by atomic mass is 9.98. The predicted molar refractivity (Wildman–Crippen MR) is 109 cm³/mol. The SMILES string of the molecule is CCOC(=O)C1CCCN(C(=O)CCCn2nc(C)n3c(cc4occc43)c2=O)C1. The molecule has 0 bridgehead atoms. The maximum absolute atomic E-state index is 12.8. The van der Waals surface area contributed by atoms with E-state index in [0.29, 0.717) is 56.0 Å². The molecular formula is C21H26N4O5. The highest BCUT2D eigenvalue weighted by molar-refractivity contribution is 5.82. The van der Waals surface area contributed by atoms with Crippen molar-refractivity contribution in [3.05, 3.63) is 34.6 Å². The molecule has 0 aliphatic carbocycles. The number of likely N-dealkylation sites (tertiary alicyclic amines) is 1. The van der Waals surface area contributed by atoms with Gasteiger partial charge in [0.2, 0.25) is 5.91 Å². The molecule has 1 aliphatic heterocycles.